The molecule has 1 rings (SSSR count). The first-order valence-electron chi connectivity index (χ1n) is 4.47. The summed E-state index contributed by atoms with van der Waals surface area (Å²) in [6, 6.07) is 0. The highest BCUT2D eigenvalue weighted by molar-refractivity contribution is 7.91. The van der Waals surface area contributed by atoms with Gasteiger partial charge in [-0.05, 0) is 19.8 Å². The van der Waals surface area contributed by atoms with E-state index in [4.69, 9.17) is 4.74 Å². The molecule has 0 bridgehead atoms. The molecule has 0 aromatic heterocycles. The molecule has 0 spiro atoms. The Hall–Kier alpha value is -0.840. The second-order valence-corrected chi connectivity index (χ2v) is 5.84. The minimum atomic E-state index is -2.89. The molecule has 0 atom stereocenters. The van der Waals surface area contributed by atoms with Crippen molar-refractivity contribution >= 4 is 15.8 Å². The minimum absolute atomic E-state index is 0.112. The first-order chi connectivity index (χ1) is 6.41. The van der Waals surface area contributed by atoms with E-state index in [1.807, 2.05) is 0 Å². The number of sulfone groups is 1. The number of hydrogen-bond acceptors (Lipinski definition) is 4. The highest BCUT2D eigenvalue weighted by Crippen LogP contribution is 2.16. The number of ether oxygens (including phenoxy) is 1. The molecule has 0 radical (unpaired) electrons. The summed E-state index contributed by atoms with van der Waals surface area (Å²) in [6.07, 6.45) is 0.547. The van der Waals surface area contributed by atoms with E-state index in [-0.39, 0.29) is 17.6 Å². The summed E-state index contributed by atoms with van der Waals surface area (Å²) in [6.45, 7) is 5.03. The molecule has 1 aliphatic heterocycles. The minimum Gasteiger partial charge on any atom is -0.459 e. The van der Waals surface area contributed by atoms with E-state index in [9.17, 15) is 13.2 Å². The van der Waals surface area contributed by atoms with E-state index in [1.165, 1.54) is 0 Å². The van der Waals surface area contributed by atoms with Crippen LogP contribution in [0.2, 0.25) is 0 Å². The van der Waals surface area contributed by atoms with Crippen LogP contribution in [0.3, 0.4) is 0 Å². The smallest absolute Gasteiger partial charge is 0.333 e. The second kappa shape index (κ2) is 4.13. The van der Waals surface area contributed by atoms with Crippen LogP contribution in [0.4, 0.5) is 0 Å². The average Bonchev–Trinajstić information content (AvgIpc) is 2.08. The van der Waals surface area contributed by atoms with Gasteiger partial charge in [-0.15, -0.1) is 0 Å². The molecule has 1 fully saturated rings. The lowest BCUT2D eigenvalue weighted by atomic mass is 10.2. The van der Waals surface area contributed by atoms with E-state index < -0.39 is 15.8 Å². The third-order valence-corrected chi connectivity index (χ3v) is 3.84. The van der Waals surface area contributed by atoms with Gasteiger partial charge in [-0.3, -0.25) is 0 Å². The van der Waals surface area contributed by atoms with Gasteiger partial charge in [-0.25, -0.2) is 13.2 Å². The van der Waals surface area contributed by atoms with Crippen LogP contribution in [0.15, 0.2) is 12.2 Å². The first kappa shape index (κ1) is 11.2. The monoisotopic (exact) mass is 218 g/mol. The quantitative estimate of drug-likeness (QED) is 0.505. The molecule has 0 N–H and O–H groups in total. The molecular weight excluding hydrogens is 204 g/mol. The van der Waals surface area contributed by atoms with Gasteiger partial charge in [0.25, 0.3) is 0 Å². The average molecular weight is 218 g/mol. The molecule has 5 heteroatoms. The molecular formula is C9H14O4S. The topological polar surface area (TPSA) is 60.4 Å². The maximum absolute atomic E-state index is 11.1. The van der Waals surface area contributed by atoms with Gasteiger partial charge >= 0.3 is 5.97 Å². The largest absolute Gasteiger partial charge is 0.459 e. The predicted octanol–water partition coefficient (Wildman–Crippen LogP) is 0.683. The Labute approximate surface area is 83.9 Å². The molecule has 0 saturated carbocycles. The van der Waals surface area contributed by atoms with Crippen molar-refractivity contribution in [1.82, 2.24) is 0 Å². The summed E-state index contributed by atoms with van der Waals surface area (Å²) in [7, 11) is -2.89. The third kappa shape index (κ3) is 3.14. The summed E-state index contributed by atoms with van der Waals surface area (Å²) < 4.78 is 27.2. The molecule has 1 aliphatic rings. The molecule has 0 aromatic rings. The summed E-state index contributed by atoms with van der Waals surface area (Å²) in [4.78, 5) is 11.1. The van der Waals surface area contributed by atoms with Crippen molar-refractivity contribution in [3.8, 4) is 0 Å². The van der Waals surface area contributed by atoms with Crippen molar-refractivity contribution in [2.75, 3.05) is 11.5 Å². The van der Waals surface area contributed by atoms with Crippen molar-refractivity contribution in [2.24, 2.45) is 0 Å². The van der Waals surface area contributed by atoms with Crippen molar-refractivity contribution in [1.29, 1.82) is 0 Å². The lowest BCUT2D eigenvalue weighted by molar-refractivity contribution is -0.144. The van der Waals surface area contributed by atoms with Crippen LogP contribution in [0.25, 0.3) is 0 Å². The summed E-state index contributed by atoms with van der Waals surface area (Å²) in [5.41, 5.74) is 0.346. The molecule has 1 saturated heterocycles. The van der Waals surface area contributed by atoms with Crippen LogP contribution in [-0.2, 0) is 19.4 Å². The molecule has 80 valence electrons. The second-order valence-electron chi connectivity index (χ2n) is 3.54. The van der Waals surface area contributed by atoms with Gasteiger partial charge in [0.05, 0.1) is 11.5 Å². The van der Waals surface area contributed by atoms with Crippen molar-refractivity contribution < 1.29 is 17.9 Å². The molecule has 4 nitrogen and oxygen atoms in total. The Morgan fingerprint density at radius 1 is 1.36 bits per heavy atom. The van der Waals surface area contributed by atoms with Gasteiger partial charge in [0.2, 0.25) is 0 Å². The Balaban J connectivity index is 2.44. The maximum Gasteiger partial charge on any atom is 0.333 e. The van der Waals surface area contributed by atoms with Gasteiger partial charge in [-0.2, -0.15) is 0 Å². The number of rotatable bonds is 2. The van der Waals surface area contributed by atoms with E-state index in [0.29, 0.717) is 18.4 Å². The number of carbonyl (C=O) groups is 1. The van der Waals surface area contributed by atoms with Crippen molar-refractivity contribution in [3.05, 3.63) is 12.2 Å². The fourth-order valence-corrected chi connectivity index (χ4v) is 2.69. The van der Waals surface area contributed by atoms with Crippen LogP contribution in [-0.4, -0.2) is 32.0 Å². The number of hydrogen-bond donors (Lipinski definition) is 0. The highest BCUT2D eigenvalue weighted by Gasteiger charge is 2.26. The lowest BCUT2D eigenvalue weighted by Gasteiger charge is -2.21. The summed E-state index contributed by atoms with van der Waals surface area (Å²) >= 11 is 0. The Kier molecular flexibility index (Phi) is 3.31. The molecule has 14 heavy (non-hydrogen) atoms. The third-order valence-electron chi connectivity index (χ3n) is 2.12. The molecule has 0 amide bonds. The lowest BCUT2D eigenvalue weighted by Crippen LogP contribution is -2.30. The molecule has 0 aliphatic carbocycles. The Morgan fingerprint density at radius 3 is 2.29 bits per heavy atom. The van der Waals surface area contributed by atoms with Crippen molar-refractivity contribution in [2.45, 2.75) is 25.9 Å². The molecule has 0 unspecified atom stereocenters. The van der Waals surface area contributed by atoms with E-state index in [0.717, 1.165) is 0 Å². The van der Waals surface area contributed by atoms with Gasteiger partial charge < -0.3 is 4.74 Å². The van der Waals surface area contributed by atoms with Crippen LogP contribution < -0.4 is 0 Å². The van der Waals surface area contributed by atoms with Gasteiger partial charge in [0.15, 0.2) is 9.84 Å². The van der Waals surface area contributed by atoms with E-state index in [1.54, 1.807) is 6.92 Å². The van der Waals surface area contributed by atoms with Crippen molar-refractivity contribution in [3.63, 3.8) is 0 Å². The fraction of sp³-hybridized carbons (Fsp3) is 0.667. The zero-order chi connectivity index (χ0) is 10.8. The number of carbonyl (C=O) groups excluding carboxylic acids is 1. The normalized spacial score (nSPS) is 21.5. The van der Waals surface area contributed by atoms with E-state index in [2.05, 4.69) is 6.58 Å². The molecule has 1 heterocycles. The standard InChI is InChI=1S/C9H14O4S/c1-7(2)9(10)13-8-3-5-14(11,12)6-4-8/h8H,1,3-6H2,2H3. The fourth-order valence-electron chi connectivity index (χ4n) is 1.24. The van der Waals surface area contributed by atoms with Crippen LogP contribution >= 0.6 is 0 Å². The van der Waals surface area contributed by atoms with Crippen LogP contribution in [0.5, 0.6) is 0 Å². The van der Waals surface area contributed by atoms with E-state index >= 15 is 0 Å². The summed E-state index contributed by atoms with van der Waals surface area (Å²) in [5, 5.41) is 0. The Bertz CT molecular complexity index is 328. The Morgan fingerprint density at radius 2 is 1.86 bits per heavy atom. The maximum atomic E-state index is 11.1. The van der Waals surface area contributed by atoms with Gasteiger partial charge in [0.1, 0.15) is 6.10 Å². The first-order valence-corrected chi connectivity index (χ1v) is 6.30. The predicted molar refractivity (Wildman–Crippen MR) is 52.6 cm³/mol. The van der Waals surface area contributed by atoms with Gasteiger partial charge in [0, 0.05) is 5.57 Å². The van der Waals surface area contributed by atoms with Crippen LogP contribution in [0.1, 0.15) is 19.8 Å². The molecule has 0 aromatic carbocycles. The zero-order valence-electron chi connectivity index (χ0n) is 8.15. The van der Waals surface area contributed by atoms with Gasteiger partial charge in [-0.1, -0.05) is 6.58 Å². The number of esters is 1. The SMILES string of the molecule is C=C(C)C(=O)OC1CCS(=O)(=O)CC1. The van der Waals surface area contributed by atoms with Crippen LogP contribution in [0, 0.1) is 0 Å². The highest BCUT2D eigenvalue weighted by atomic mass is 32.2. The summed E-state index contributed by atoms with van der Waals surface area (Å²) in [5.74, 6) is -0.211. The zero-order valence-corrected chi connectivity index (χ0v) is 8.97.